The molecule has 27 heavy (non-hydrogen) atoms. The number of aromatic nitrogens is 2. The number of carbonyl (C=O) groups is 1. The molecule has 2 N–H and O–H groups in total. The van der Waals surface area contributed by atoms with Gasteiger partial charge in [0.05, 0.1) is 17.4 Å². The van der Waals surface area contributed by atoms with Crippen LogP contribution >= 0.6 is 0 Å². The number of para-hydroxylation sites is 1. The molecule has 1 fully saturated rings. The van der Waals surface area contributed by atoms with Crippen molar-refractivity contribution in [3.63, 3.8) is 0 Å². The van der Waals surface area contributed by atoms with Crippen molar-refractivity contribution in [3.8, 4) is 5.69 Å². The molecule has 2 atom stereocenters. The van der Waals surface area contributed by atoms with E-state index in [1.165, 1.54) is 4.90 Å². The Morgan fingerprint density at radius 1 is 1.33 bits per heavy atom. The van der Waals surface area contributed by atoms with Crippen LogP contribution in [0.25, 0.3) is 5.69 Å². The van der Waals surface area contributed by atoms with Gasteiger partial charge < -0.3 is 10.6 Å². The third kappa shape index (κ3) is 3.85. The molecule has 3 rings (SSSR count). The van der Waals surface area contributed by atoms with Gasteiger partial charge in [-0.15, -0.1) is 0 Å². The fourth-order valence-corrected chi connectivity index (χ4v) is 3.56. The highest BCUT2D eigenvalue weighted by Crippen LogP contribution is 2.35. The zero-order valence-corrected chi connectivity index (χ0v) is 15.3. The summed E-state index contributed by atoms with van der Waals surface area (Å²) in [5, 5.41) is 3.91. The first-order valence-electron chi connectivity index (χ1n) is 8.96. The lowest BCUT2D eigenvalue weighted by molar-refractivity contribution is -0.143. The number of likely N-dealkylation sites (tertiary alicyclic amines) is 1. The van der Waals surface area contributed by atoms with Crippen LogP contribution in [0.3, 0.4) is 0 Å². The van der Waals surface area contributed by atoms with Crippen molar-refractivity contribution in [1.82, 2.24) is 14.7 Å². The molecular formula is C19H23F3N4O. The van der Waals surface area contributed by atoms with Crippen LogP contribution < -0.4 is 5.73 Å². The Bertz CT molecular complexity index is 829. The zero-order chi connectivity index (χ0) is 19.8. The van der Waals surface area contributed by atoms with Crippen molar-refractivity contribution in [1.29, 1.82) is 0 Å². The molecule has 146 valence electrons. The number of piperidine rings is 1. The predicted molar refractivity (Wildman–Crippen MR) is 95.6 cm³/mol. The molecule has 0 saturated carbocycles. The summed E-state index contributed by atoms with van der Waals surface area (Å²) in [5.74, 6) is -0.559. The Labute approximate surface area is 155 Å². The molecule has 2 heterocycles. The van der Waals surface area contributed by atoms with Crippen molar-refractivity contribution in [3.05, 3.63) is 47.3 Å². The average molecular weight is 380 g/mol. The Hall–Kier alpha value is -2.35. The number of nitrogens with zero attached hydrogens (tertiary/aromatic N) is 3. The summed E-state index contributed by atoms with van der Waals surface area (Å²) >= 11 is 0. The quantitative estimate of drug-likeness (QED) is 0.888. The van der Waals surface area contributed by atoms with Gasteiger partial charge in [-0.1, -0.05) is 18.2 Å². The molecule has 1 amide bonds. The van der Waals surface area contributed by atoms with E-state index < -0.39 is 23.3 Å². The zero-order valence-electron chi connectivity index (χ0n) is 15.3. The third-order valence-electron chi connectivity index (χ3n) is 5.10. The van der Waals surface area contributed by atoms with Gasteiger partial charge in [0.25, 0.3) is 5.91 Å². The first kappa shape index (κ1) is 19.4. The summed E-state index contributed by atoms with van der Waals surface area (Å²) in [6.07, 6.45) is -2.09. The molecule has 1 aliphatic heterocycles. The molecule has 0 spiro atoms. The lowest BCUT2D eigenvalue weighted by Gasteiger charge is -2.34. The molecule has 0 radical (unpaired) electrons. The minimum Gasteiger partial charge on any atom is -0.338 e. The number of alkyl halides is 3. The van der Waals surface area contributed by atoms with Gasteiger partial charge in [0.2, 0.25) is 0 Å². The fourth-order valence-electron chi connectivity index (χ4n) is 3.56. The van der Waals surface area contributed by atoms with Crippen LogP contribution in [-0.2, 0) is 6.18 Å². The number of benzene rings is 1. The van der Waals surface area contributed by atoms with Gasteiger partial charge in [0.15, 0.2) is 5.69 Å². The molecule has 1 aliphatic rings. The summed E-state index contributed by atoms with van der Waals surface area (Å²) in [7, 11) is 0. The van der Waals surface area contributed by atoms with Crippen LogP contribution in [0.1, 0.15) is 41.4 Å². The maximum absolute atomic E-state index is 13.8. The molecule has 1 saturated heterocycles. The van der Waals surface area contributed by atoms with Crippen LogP contribution in [0.5, 0.6) is 0 Å². The van der Waals surface area contributed by atoms with Gasteiger partial charge in [0.1, 0.15) is 0 Å². The van der Waals surface area contributed by atoms with E-state index in [-0.39, 0.29) is 12.0 Å². The first-order chi connectivity index (χ1) is 12.7. The van der Waals surface area contributed by atoms with Crippen molar-refractivity contribution in [2.75, 3.05) is 13.1 Å². The summed E-state index contributed by atoms with van der Waals surface area (Å²) in [6, 6.07) is 6.53. The van der Waals surface area contributed by atoms with Crippen LogP contribution in [0.15, 0.2) is 30.5 Å². The summed E-state index contributed by atoms with van der Waals surface area (Å²) in [6.45, 7) is 4.35. The standard InChI is InChI=1S/C19H23F3N4O/c1-12-6-3-4-8-16(12)26-17(19(20,21)22)15(10-24-26)18(27)25-9-5-7-14(11-25)13(2)23/h3-4,6,8,10,13-14H,5,7,9,11,23H2,1-2H3. The molecule has 5 nitrogen and oxygen atoms in total. The lowest BCUT2D eigenvalue weighted by Crippen LogP contribution is -2.45. The minimum absolute atomic E-state index is 0.0865. The van der Waals surface area contributed by atoms with Gasteiger partial charge in [-0.2, -0.15) is 18.3 Å². The predicted octanol–water partition coefficient (Wildman–Crippen LogP) is 3.40. The highest BCUT2D eigenvalue weighted by molar-refractivity contribution is 5.95. The molecule has 1 aromatic carbocycles. The maximum atomic E-state index is 13.8. The molecule has 1 aromatic heterocycles. The highest BCUT2D eigenvalue weighted by Gasteiger charge is 2.42. The molecule has 0 bridgehead atoms. The number of halogens is 3. The highest BCUT2D eigenvalue weighted by atomic mass is 19.4. The molecule has 2 unspecified atom stereocenters. The van der Waals surface area contributed by atoms with Crippen molar-refractivity contribution >= 4 is 5.91 Å². The third-order valence-corrected chi connectivity index (χ3v) is 5.10. The van der Waals surface area contributed by atoms with Gasteiger partial charge in [-0.05, 0) is 44.2 Å². The van der Waals surface area contributed by atoms with Crippen molar-refractivity contribution in [2.45, 2.75) is 38.9 Å². The van der Waals surface area contributed by atoms with Crippen molar-refractivity contribution in [2.24, 2.45) is 11.7 Å². The van der Waals surface area contributed by atoms with Crippen LogP contribution in [0, 0.1) is 12.8 Å². The number of amides is 1. The van der Waals surface area contributed by atoms with Gasteiger partial charge in [-0.25, -0.2) is 4.68 Å². The molecule has 8 heteroatoms. The van der Waals surface area contributed by atoms with Gasteiger partial charge in [-0.3, -0.25) is 4.79 Å². The molecular weight excluding hydrogens is 357 g/mol. The van der Waals surface area contributed by atoms with Crippen LogP contribution in [-0.4, -0.2) is 39.7 Å². The van der Waals surface area contributed by atoms with E-state index in [0.717, 1.165) is 23.7 Å². The van der Waals surface area contributed by atoms with Crippen LogP contribution in [0.2, 0.25) is 0 Å². The number of hydrogen-bond donors (Lipinski definition) is 1. The normalized spacial score (nSPS) is 19.2. The number of carbonyl (C=O) groups excluding carboxylic acids is 1. The van der Waals surface area contributed by atoms with E-state index >= 15 is 0 Å². The Balaban J connectivity index is 2.01. The number of rotatable bonds is 3. The van der Waals surface area contributed by atoms with E-state index in [4.69, 9.17) is 5.73 Å². The minimum atomic E-state index is -4.71. The van der Waals surface area contributed by atoms with E-state index in [1.807, 2.05) is 6.92 Å². The summed E-state index contributed by atoms with van der Waals surface area (Å²) in [4.78, 5) is 14.4. The van der Waals surface area contributed by atoms with Gasteiger partial charge in [0, 0.05) is 19.1 Å². The van der Waals surface area contributed by atoms with E-state index in [1.54, 1.807) is 31.2 Å². The summed E-state index contributed by atoms with van der Waals surface area (Å²) < 4.78 is 42.3. The number of hydrogen-bond acceptors (Lipinski definition) is 3. The average Bonchev–Trinajstić information content (AvgIpc) is 3.06. The fraction of sp³-hybridized carbons (Fsp3) is 0.474. The SMILES string of the molecule is Cc1ccccc1-n1ncc(C(=O)N2CCCC(C(C)N)C2)c1C(F)(F)F. The monoisotopic (exact) mass is 380 g/mol. The second kappa shape index (κ2) is 7.34. The smallest absolute Gasteiger partial charge is 0.338 e. The summed E-state index contributed by atoms with van der Waals surface area (Å²) in [5.41, 5.74) is 5.41. The Morgan fingerprint density at radius 2 is 2.04 bits per heavy atom. The number of aryl methyl sites for hydroxylation is 1. The van der Waals surface area contributed by atoms with Gasteiger partial charge >= 0.3 is 6.18 Å². The lowest BCUT2D eigenvalue weighted by atomic mass is 9.92. The van der Waals surface area contributed by atoms with Crippen LogP contribution in [0.4, 0.5) is 13.2 Å². The second-order valence-corrected chi connectivity index (χ2v) is 7.12. The van der Waals surface area contributed by atoms with E-state index in [2.05, 4.69) is 5.10 Å². The Kier molecular flexibility index (Phi) is 5.28. The van der Waals surface area contributed by atoms with E-state index in [0.29, 0.717) is 24.3 Å². The Morgan fingerprint density at radius 3 is 2.67 bits per heavy atom. The second-order valence-electron chi connectivity index (χ2n) is 7.12. The maximum Gasteiger partial charge on any atom is 0.434 e. The largest absolute Gasteiger partial charge is 0.434 e. The molecule has 0 aliphatic carbocycles. The molecule has 2 aromatic rings. The first-order valence-corrected chi connectivity index (χ1v) is 8.96. The number of nitrogens with two attached hydrogens (primary N) is 1. The topological polar surface area (TPSA) is 64.2 Å². The van der Waals surface area contributed by atoms with E-state index in [9.17, 15) is 18.0 Å². The van der Waals surface area contributed by atoms with Crippen molar-refractivity contribution < 1.29 is 18.0 Å².